The molecule has 0 saturated carbocycles. The molecule has 0 bridgehead atoms. The van der Waals surface area contributed by atoms with Gasteiger partial charge in [-0.05, 0) is 49.6 Å². The lowest BCUT2D eigenvalue weighted by Crippen LogP contribution is -2.29. The van der Waals surface area contributed by atoms with Crippen LogP contribution >= 0.6 is 11.6 Å². The van der Waals surface area contributed by atoms with Gasteiger partial charge in [-0.25, -0.2) is 5.43 Å². The Morgan fingerprint density at radius 2 is 1.95 bits per heavy atom. The van der Waals surface area contributed by atoms with Gasteiger partial charge >= 0.3 is 0 Å². The van der Waals surface area contributed by atoms with E-state index < -0.39 is 0 Å². The van der Waals surface area contributed by atoms with Crippen LogP contribution in [0.5, 0.6) is 5.75 Å². The van der Waals surface area contributed by atoms with Gasteiger partial charge < -0.3 is 4.74 Å². The van der Waals surface area contributed by atoms with E-state index in [1.807, 2.05) is 45.0 Å². The number of rotatable bonds is 5. The molecule has 21 heavy (non-hydrogen) atoms. The van der Waals surface area contributed by atoms with Crippen molar-refractivity contribution < 1.29 is 4.74 Å². The number of pyridine rings is 1. The average molecular weight is 306 g/mol. The number of halogens is 1. The topological polar surface area (TPSA) is 60.2 Å². The number of aromatic nitrogens is 1. The number of aryl methyl sites for hydroxylation is 1. The second-order valence-corrected chi connectivity index (χ2v) is 5.64. The van der Waals surface area contributed by atoms with Crippen LogP contribution in [-0.4, -0.2) is 11.1 Å². The lowest BCUT2D eigenvalue weighted by Gasteiger charge is -2.18. The Morgan fingerprint density at radius 1 is 1.19 bits per heavy atom. The zero-order valence-electron chi connectivity index (χ0n) is 12.4. The highest BCUT2D eigenvalue weighted by Crippen LogP contribution is 2.27. The molecule has 112 valence electrons. The second-order valence-electron chi connectivity index (χ2n) is 5.23. The van der Waals surface area contributed by atoms with Gasteiger partial charge in [-0.3, -0.25) is 10.8 Å². The standard InChI is InChI=1S/C16H20ClN3O/c1-10(2)21-14-6-13(8-19-9-14)16(20-18)12-5-4-11(3)15(17)7-12/h4-10,16,20H,18H2,1-3H3. The largest absolute Gasteiger partial charge is 0.489 e. The van der Waals surface area contributed by atoms with Gasteiger partial charge in [-0.15, -0.1) is 0 Å². The molecule has 1 unspecified atom stereocenters. The molecule has 2 rings (SSSR count). The van der Waals surface area contributed by atoms with Crippen LogP contribution in [0, 0.1) is 6.92 Å². The first-order valence-electron chi connectivity index (χ1n) is 6.85. The number of nitrogens with two attached hydrogens (primary N) is 1. The van der Waals surface area contributed by atoms with Crippen LogP contribution in [0.2, 0.25) is 5.02 Å². The van der Waals surface area contributed by atoms with Crippen molar-refractivity contribution in [3.63, 3.8) is 0 Å². The summed E-state index contributed by atoms with van der Waals surface area (Å²) >= 11 is 6.19. The average Bonchev–Trinajstić information content (AvgIpc) is 2.43. The third kappa shape index (κ3) is 3.94. The van der Waals surface area contributed by atoms with Gasteiger partial charge in [0.2, 0.25) is 0 Å². The summed E-state index contributed by atoms with van der Waals surface area (Å²) in [5.41, 5.74) is 5.75. The van der Waals surface area contributed by atoms with Gasteiger partial charge in [-0.2, -0.15) is 0 Å². The highest BCUT2D eigenvalue weighted by atomic mass is 35.5. The molecule has 0 aliphatic heterocycles. The fourth-order valence-corrected chi connectivity index (χ4v) is 2.29. The Morgan fingerprint density at radius 3 is 2.57 bits per heavy atom. The van der Waals surface area contributed by atoms with Crippen LogP contribution < -0.4 is 16.0 Å². The number of benzene rings is 1. The predicted octanol–water partition coefficient (Wildman–Crippen LogP) is 3.38. The van der Waals surface area contributed by atoms with E-state index >= 15 is 0 Å². The summed E-state index contributed by atoms with van der Waals surface area (Å²) in [7, 11) is 0. The van der Waals surface area contributed by atoms with E-state index in [2.05, 4.69) is 10.4 Å². The summed E-state index contributed by atoms with van der Waals surface area (Å²) in [5, 5.41) is 0.718. The van der Waals surface area contributed by atoms with Gasteiger partial charge in [0.05, 0.1) is 18.3 Å². The van der Waals surface area contributed by atoms with E-state index in [4.69, 9.17) is 22.2 Å². The summed E-state index contributed by atoms with van der Waals surface area (Å²) in [4.78, 5) is 4.22. The Balaban J connectivity index is 2.34. The Bertz CT molecular complexity index is 616. The van der Waals surface area contributed by atoms with Crippen LogP contribution in [0.4, 0.5) is 0 Å². The van der Waals surface area contributed by atoms with E-state index in [1.54, 1.807) is 12.4 Å². The van der Waals surface area contributed by atoms with Gasteiger partial charge in [-0.1, -0.05) is 23.7 Å². The van der Waals surface area contributed by atoms with Crippen molar-refractivity contribution in [2.45, 2.75) is 32.9 Å². The number of ether oxygens (including phenoxy) is 1. The van der Waals surface area contributed by atoms with Crippen molar-refractivity contribution in [3.8, 4) is 5.75 Å². The molecule has 0 spiro atoms. The van der Waals surface area contributed by atoms with E-state index in [-0.39, 0.29) is 12.1 Å². The molecular weight excluding hydrogens is 286 g/mol. The lowest BCUT2D eigenvalue weighted by atomic mass is 9.99. The first-order valence-corrected chi connectivity index (χ1v) is 7.23. The lowest BCUT2D eigenvalue weighted by molar-refractivity contribution is 0.241. The minimum atomic E-state index is -0.189. The number of hydrogen-bond acceptors (Lipinski definition) is 4. The maximum Gasteiger partial charge on any atom is 0.138 e. The van der Waals surface area contributed by atoms with E-state index in [0.717, 1.165) is 27.5 Å². The molecule has 1 aromatic heterocycles. The molecular formula is C16H20ClN3O. The van der Waals surface area contributed by atoms with Crippen molar-refractivity contribution in [2.75, 3.05) is 0 Å². The fraction of sp³-hybridized carbons (Fsp3) is 0.312. The summed E-state index contributed by atoms with van der Waals surface area (Å²) in [6.45, 7) is 5.92. The monoisotopic (exact) mass is 305 g/mol. The van der Waals surface area contributed by atoms with Crippen LogP contribution in [-0.2, 0) is 0 Å². The summed E-state index contributed by atoms with van der Waals surface area (Å²) in [6, 6.07) is 7.64. The van der Waals surface area contributed by atoms with Gasteiger partial charge in [0.15, 0.2) is 0 Å². The number of hydrazine groups is 1. The fourth-order valence-electron chi connectivity index (χ4n) is 2.10. The molecule has 0 radical (unpaired) electrons. The first kappa shape index (κ1) is 15.8. The molecule has 0 amide bonds. The molecule has 0 aliphatic rings. The molecule has 0 saturated heterocycles. The Hall–Kier alpha value is -1.62. The molecule has 2 aromatic rings. The van der Waals surface area contributed by atoms with E-state index in [1.165, 1.54) is 0 Å². The summed E-state index contributed by atoms with van der Waals surface area (Å²) in [6.07, 6.45) is 3.56. The highest BCUT2D eigenvalue weighted by molar-refractivity contribution is 6.31. The normalized spacial score (nSPS) is 12.5. The molecule has 1 atom stereocenters. The zero-order chi connectivity index (χ0) is 15.4. The smallest absolute Gasteiger partial charge is 0.138 e. The second kappa shape index (κ2) is 6.89. The molecule has 5 heteroatoms. The van der Waals surface area contributed by atoms with Gasteiger partial charge in [0.25, 0.3) is 0 Å². The van der Waals surface area contributed by atoms with Gasteiger partial charge in [0, 0.05) is 11.2 Å². The van der Waals surface area contributed by atoms with Crippen molar-refractivity contribution in [2.24, 2.45) is 5.84 Å². The van der Waals surface area contributed by atoms with E-state index in [0.29, 0.717) is 0 Å². The third-order valence-electron chi connectivity index (χ3n) is 3.14. The predicted molar refractivity (Wildman–Crippen MR) is 85.4 cm³/mol. The Labute approximate surface area is 130 Å². The molecule has 0 aliphatic carbocycles. The Kier molecular flexibility index (Phi) is 5.17. The first-order chi connectivity index (χ1) is 10.0. The quantitative estimate of drug-likeness (QED) is 0.656. The minimum Gasteiger partial charge on any atom is -0.489 e. The maximum absolute atomic E-state index is 6.19. The third-order valence-corrected chi connectivity index (χ3v) is 3.54. The molecule has 3 N–H and O–H groups in total. The van der Waals surface area contributed by atoms with Crippen molar-refractivity contribution in [1.82, 2.24) is 10.4 Å². The summed E-state index contributed by atoms with van der Waals surface area (Å²) in [5.74, 6) is 6.44. The number of nitrogens with one attached hydrogen (secondary N) is 1. The van der Waals surface area contributed by atoms with Crippen LogP contribution in [0.1, 0.15) is 36.6 Å². The maximum atomic E-state index is 6.19. The van der Waals surface area contributed by atoms with Crippen LogP contribution in [0.15, 0.2) is 36.7 Å². The van der Waals surface area contributed by atoms with Gasteiger partial charge in [0.1, 0.15) is 5.75 Å². The SMILES string of the molecule is Cc1ccc(C(NN)c2cncc(OC(C)C)c2)cc1Cl. The van der Waals surface area contributed by atoms with Crippen molar-refractivity contribution in [3.05, 3.63) is 58.4 Å². The molecule has 1 heterocycles. The summed E-state index contributed by atoms with van der Waals surface area (Å²) < 4.78 is 5.67. The van der Waals surface area contributed by atoms with Crippen LogP contribution in [0.3, 0.4) is 0 Å². The minimum absolute atomic E-state index is 0.0974. The molecule has 0 fully saturated rings. The van der Waals surface area contributed by atoms with Crippen molar-refractivity contribution in [1.29, 1.82) is 0 Å². The number of hydrogen-bond donors (Lipinski definition) is 2. The molecule has 4 nitrogen and oxygen atoms in total. The van der Waals surface area contributed by atoms with E-state index in [9.17, 15) is 0 Å². The van der Waals surface area contributed by atoms with Crippen LogP contribution in [0.25, 0.3) is 0 Å². The van der Waals surface area contributed by atoms with Crippen molar-refractivity contribution >= 4 is 11.6 Å². The highest BCUT2D eigenvalue weighted by Gasteiger charge is 2.15. The zero-order valence-corrected chi connectivity index (χ0v) is 13.2. The number of nitrogens with zero attached hydrogens (tertiary/aromatic N) is 1. The molecule has 1 aromatic carbocycles.